The summed E-state index contributed by atoms with van der Waals surface area (Å²) in [6.45, 7) is 3.64. The second-order valence-corrected chi connectivity index (χ2v) is 6.49. The maximum Gasteiger partial charge on any atom is 0.408 e. The summed E-state index contributed by atoms with van der Waals surface area (Å²) in [7, 11) is 0. The van der Waals surface area contributed by atoms with E-state index in [-0.39, 0.29) is 12.4 Å². The zero-order chi connectivity index (χ0) is 20.8. The van der Waals surface area contributed by atoms with Crippen LogP contribution in [0.2, 0.25) is 0 Å². The number of benzene rings is 2. The van der Waals surface area contributed by atoms with Crippen LogP contribution >= 0.6 is 0 Å². The number of hydrogen-bond donors (Lipinski definition) is 1. The minimum absolute atomic E-state index is 0.0984. The van der Waals surface area contributed by atoms with Crippen LogP contribution in [0.4, 0.5) is 4.79 Å². The summed E-state index contributed by atoms with van der Waals surface area (Å²) in [4.78, 5) is 36.0. The third-order valence-electron chi connectivity index (χ3n) is 4.34. The van der Waals surface area contributed by atoms with Gasteiger partial charge in [-0.25, -0.2) is 14.4 Å². The minimum atomic E-state index is -0.876. The molecule has 1 heterocycles. The van der Waals surface area contributed by atoms with E-state index in [2.05, 4.69) is 5.32 Å². The van der Waals surface area contributed by atoms with Crippen LogP contribution in [0.15, 0.2) is 63.8 Å². The van der Waals surface area contributed by atoms with Crippen LogP contribution in [0.1, 0.15) is 24.5 Å². The van der Waals surface area contributed by atoms with Crippen LogP contribution in [0, 0.1) is 6.92 Å². The average Bonchev–Trinajstić information content (AvgIpc) is 2.70. The lowest BCUT2D eigenvalue weighted by molar-refractivity contribution is -0.136. The van der Waals surface area contributed by atoms with Crippen molar-refractivity contribution in [3.8, 4) is 5.75 Å². The van der Waals surface area contributed by atoms with Gasteiger partial charge in [0.2, 0.25) is 0 Å². The lowest BCUT2D eigenvalue weighted by atomic mass is 10.1. The van der Waals surface area contributed by atoms with Gasteiger partial charge in [-0.2, -0.15) is 0 Å². The zero-order valence-corrected chi connectivity index (χ0v) is 16.1. The van der Waals surface area contributed by atoms with Crippen LogP contribution in [-0.2, 0) is 16.1 Å². The number of ether oxygens (including phenoxy) is 2. The van der Waals surface area contributed by atoms with Crippen molar-refractivity contribution < 1.29 is 23.5 Å². The number of fused-ring (bicyclic) bond motifs is 1. The van der Waals surface area contributed by atoms with Crippen molar-refractivity contribution >= 4 is 23.0 Å². The van der Waals surface area contributed by atoms with Crippen molar-refractivity contribution in [3.05, 3.63) is 76.1 Å². The molecule has 150 valence electrons. The van der Waals surface area contributed by atoms with Crippen molar-refractivity contribution in [2.75, 3.05) is 0 Å². The van der Waals surface area contributed by atoms with Gasteiger partial charge in [0.05, 0.1) is 0 Å². The summed E-state index contributed by atoms with van der Waals surface area (Å²) in [5.41, 5.74) is 1.45. The van der Waals surface area contributed by atoms with Crippen molar-refractivity contribution in [1.82, 2.24) is 5.32 Å². The lowest BCUT2D eigenvalue weighted by Crippen LogP contribution is -2.42. The van der Waals surface area contributed by atoms with Gasteiger partial charge in [0.1, 0.15) is 24.0 Å². The summed E-state index contributed by atoms with van der Waals surface area (Å²) < 4.78 is 15.6. The Kier molecular flexibility index (Phi) is 6.29. The molecule has 0 saturated carbocycles. The molecule has 0 unspecified atom stereocenters. The molecule has 0 spiro atoms. The summed E-state index contributed by atoms with van der Waals surface area (Å²) >= 11 is 0. The Hall–Kier alpha value is -3.61. The predicted molar refractivity (Wildman–Crippen MR) is 107 cm³/mol. The molecule has 0 bridgehead atoms. The number of esters is 1. The van der Waals surface area contributed by atoms with Gasteiger partial charge in [0, 0.05) is 17.5 Å². The Balaban J connectivity index is 1.62. The standard InChI is InChI=1S/C22H21NO6/c1-3-18(23-22(26)27-13-15-7-5-4-6-8-15)21(25)28-16-9-10-17-14(2)11-20(24)29-19(17)12-16/h4-12,18H,3,13H2,1-2H3,(H,23,26)/t18-/m1/s1. The van der Waals surface area contributed by atoms with Gasteiger partial charge in [-0.3, -0.25) is 0 Å². The number of carbonyl (C=O) groups is 2. The van der Waals surface area contributed by atoms with E-state index < -0.39 is 23.7 Å². The highest BCUT2D eigenvalue weighted by molar-refractivity contribution is 5.85. The van der Waals surface area contributed by atoms with Crippen LogP contribution in [-0.4, -0.2) is 18.1 Å². The molecule has 2 aromatic carbocycles. The smallest absolute Gasteiger partial charge is 0.408 e. The fraction of sp³-hybridized carbons (Fsp3) is 0.227. The molecule has 7 heteroatoms. The Morgan fingerprint density at radius 1 is 1.10 bits per heavy atom. The lowest BCUT2D eigenvalue weighted by Gasteiger charge is -2.16. The number of alkyl carbamates (subject to hydrolysis) is 1. The molecule has 29 heavy (non-hydrogen) atoms. The molecular weight excluding hydrogens is 374 g/mol. The largest absolute Gasteiger partial charge is 0.445 e. The maximum absolute atomic E-state index is 12.4. The first-order valence-electron chi connectivity index (χ1n) is 9.19. The highest BCUT2D eigenvalue weighted by atomic mass is 16.6. The monoisotopic (exact) mass is 395 g/mol. The van der Waals surface area contributed by atoms with Gasteiger partial charge >= 0.3 is 17.7 Å². The third kappa shape index (κ3) is 5.22. The molecule has 0 aliphatic rings. The molecule has 1 N–H and O–H groups in total. The maximum atomic E-state index is 12.4. The molecule has 3 rings (SSSR count). The van der Waals surface area contributed by atoms with Crippen LogP contribution in [0.3, 0.4) is 0 Å². The van der Waals surface area contributed by atoms with Gasteiger partial charge in [-0.15, -0.1) is 0 Å². The molecule has 0 aliphatic heterocycles. The van der Waals surface area contributed by atoms with Gasteiger partial charge in [-0.05, 0) is 36.6 Å². The second kappa shape index (κ2) is 9.05. The molecule has 7 nitrogen and oxygen atoms in total. The van der Waals surface area contributed by atoms with Crippen molar-refractivity contribution in [3.63, 3.8) is 0 Å². The van der Waals surface area contributed by atoms with Crippen LogP contribution in [0.25, 0.3) is 11.0 Å². The van der Waals surface area contributed by atoms with Gasteiger partial charge < -0.3 is 19.2 Å². The van der Waals surface area contributed by atoms with E-state index in [1.807, 2.05) is 30.3 Å². The van der Waals surface area contributed by atoms with E-state index in [0.29, 0.717) is 12.0 Å². The highest BCUT2D eigenvalue weighted by Gasteiger charge is 2.22. The Morgan fingerprint density at radius 2 is 1.86 bits per heavy atom. The number of nitrogens with one attached hydrogen (secondary N) is 1. The fourth-order valence-electron chi connectivity index (χ4n) is 2.79. The topological polar surface area (TPSA) is 94.8 Å². The quantitative estimate of drug-likeness (QED) is 0.388. The SMILES string of the molecule is CC[C@@H](NC(=O)OCc1ccccc1)C(=O)Oc1ccc2c(C)cc(=O)oc2c1. The number of carbonyl (C=O) groups excluding carboxylic acids is 2. The van der Waals surface area contributed by atoms with E-state index in [9.17, 15) is 14.4 Å². The first-order chi connectivity index (χ1) is 14.0. The summed E-state index contributed by atoms with van der Waals surface area (Å²) in [6.07, 6.45) is -0.390. The number of hydrogen-bond acceptors (Lipinski definition) is 6. The van der Waals surface area contributed by atoms with Gasteiger partial charge in [0.15, 0.2) is 0 Å². The molecule has 0 fully saturated rings. The predicted octanol–water partition coefficient (Wildman–Crippen LogP) is 3.71. The number of amides is 1. The number of aryl methyl sites for hydroxylation is 1. The minimum Gasteiger partial charge on any atom is -0.445 e. The molecule has 0 radical (unpaired) electrons. The molecule has 0 aliphatic carbocycles. The van der Waals surface area contributed by atoms with E-state index in [1.165, 1.54) is 12.1 Å². The van der Waals surface area contributed by atoms with E-state index >= 15 is 0 Å². The first-order valence-corrected chi connectivity index (χ1v) is 9.19. The van der Waals surface area contributed by atoms with Crippen LogP contribution in [0.5, 0.6) is 5.75 Å². The average molecular weight is 395 g/mol. The second-order valence-electron chi connectivity index (χ2n) is 6.49. The molecular formula is C22H21NO6. The van der Waals surface area contributed by atoms with Crippen molar-refractivity contribution in [2.24, 2.45) is 0 Å². The summed E-state index contributed by atoms with van der Waals surface area (Å²) in [5, 5.41) is 3.25. The third-order valence-corrected chi connectivity index (χ3v) is 4.34. The number of rotatable bonds is 6. The van der Waals surface area contributed by atoms with E-state index in [1.54, 1.807) is 26.0 Å². The van der Waals surface area contributed by atoms with E-state index in [4.69, 9.17) is 13.9 Å². The molecule has 1 amide bonds. The highest BCUT2D eigenvalue weighted by Crippen LogP contribution is 2.22. The van der Waals surface area contributed by atoms with Crippen molar-refractivity contribution in [2.45, 2.75) is 32.9 Å². The normalized spacial score (nSPS) is 11.7. The Labute approximate surface area is 167 Å². The summed E-state index contributed by atoms with van der Waals surface area (Å²) in [5.74, 6) is -0.423. The van der Waals surface area contributed by atoms with Gasteiger partial charge in [0.25, 0.3) is 0 Å². The summed E-state index contributed by atoms with van der Waals surface area (Å²) in [6, 6.07) is 14.5. The van der Waals surface area contributed by atoms with Gasteiger partial charge in [-0.1, -0.05) is 37.3 Å². The van der Waals surface area contributed by atoms with E-state index in [0.717, 1.165) is 16.5 Å². The zero-order valence-electron chi connectivity index (χ0n) is 16.1. The molecule has 1 atom stereocenters. The molecule has 1 aromatic heterocycles. The van der Waals surface area contributed by atoms with Crippen molar-refractivity contribution in [1.29, 1.82) is 0 Å². The Bertz CT molecular complexity index is 1070. The Morgan fingerprint density at radius 3 is 2.59 bits per heavy atom. The van der Waals surface area contributed by atoms with Crippen LogP contribution < -0.4 is 15.7 Å². The first kappa shape index (κ1) is 20.1. The molecule has 3 aromatic rings. The molecule has 0 saturated heterocycles. The fourth-order valence-corrected chi connectivity index (χ4v) is 2.79.